The molecule has 1 heterocycles. The Morgan fingerprint density at radius 1 is 0.852 bits per heavy atom. The average Bonchev–Trinajstić information content (AvgIpc) is 2.72. The quantitative estimate of drug-likeness (QED) is 0.359. The predicted molar refractivity (Wildman–Crippen MR) is 116 cm³/mol. The zero-order valence-electron chi connectivity index (χ0n) is 17.3. The van der Waals surface area contributed by atoms with E-state index >= 15 is 0 Å². The molecule has 2 rings (SSSR count). The van der Waals surface area contributed by atoms with Crippen LogP contribution in [0.5, 0.6) is 0 Å². The van der Waals surface area contributed by atoms with Crippen LogP contribution in [0.3, 0.4) is 0 Å². The van der Waals surface area contributed by atoms with Gasteiger partial charge in [0.05, 0.1) is 5.69 Å². The van der Waals surface area contributed by atoms with Crippen LogP contribution in [0.4, 0.5) is 5.69 Å². The molecule has 0 aliphatic rings. The molecular weight excluding hydrogens is 330 g/mol. The third kappa shape index (κ3) is 8.55. The number of rotatable bonds is 14. The second-order valence-electron chi connectivity index (χ2n) is 7.62. The van der Waals surface area contributed by atoms with Crippen molar-refractivity contribution in [2.24, 2.45) is 0 Å². The van der Waals surface area contributed by atoms with Crippen LogP contribution in [0.15, 0.2) is 48.9 Å². The third-order valence-corrected chi connectivity index (χ3v) is 5.41. The van der Waals surface area contributed by atoms with Gasteiger partial charge in [0, 0.05) is 43.8 Å². The molecule has 0 amide bonds. The Labute approximate surface area is 166 Å². The van der Waals surface area contributed by atoms with Crippen molar-refractivity contribution in [3.63, 3.8) is 0 Å². The Hall–Kier alpha value is -1.90. The highest BCUT2D eigenvalue weighted by molar-refractivity contribution is 5.46. The Kier molecular flexibility index (Phi) is 10.5. The summed E-state index contributed by atoms with van der Waals surface area (Å²) in [5.74, 6) is 0. The molecular formula is C24H37N3. The molecule has 1 unspecified atom stereocenters. The second kappa shape index (κ2) is 13.3. The zero-order chi connectivity index (χ0) is 19.2. The van der Waals surface area contributed by atoms with Crippen LogP contribution in [-0.2, 0) is 6.42 Å². The van der Waals surface area contributed by atoms with E-state index in [1.807, 2.05) is 6.20 Å². The van der Waals surface area contributed by atoms with E-state index in [1.165, 1.54) is 69.9 Å². The number of benzene rings is 1. The lowest BCUT2D eigenvalue weighted by Crippen LogP contribution is -2.33. The first-order valence-corrected chi connectivity index (χ1v) is 10.8. The summed E-state index contributed by atoms with van der Waals surface area (Å²) in [5, 5.41) is 0. The number of unbranched alkanes of at least 4 members (excludes halogenated alkanes) is 8. The van der Waals surface area contributed by atoms with Gasteiger partial charge >= 0.3 is 0 Å². The van der Waals surface area contributed by atoms with E-state index in [1.54, 1.807) is 12.4 Å². The molecule has 27 heavy (non-hydrogen) atoms. The van der Waals surface area contributed by atoms with Gasteiger partial charge in [-0.25, -0.2) is 0 Å². The fraction of sp³-hybridized carbons (Fsp3) is 0.583. The summed E-state index contributed by atoms with van der Waals surface area (Å²) in [4.78, 5) is 11.2. The lowest BCUT2D eigenvalue weighted by Gasteiger charge is -2.30. The van der Waals surface area contributed by atoms with Crippen LogP contribution in [0.25, 0.3) is 0 Å². The van der Waals surface area contributed by atoms with Crippen molar-refractivity contribution in [1.82, 2.24) is 9.97 Å². The van der Waals surface area contributed by atoms with Crippen LogP contribution in [-0.4, -0.2) is 23.1 Å². The van der Waals surface area contributed by atoms with E-state index in [9.17, 15) is 0 Å². The second-order valence-corrected chi connectivity index (χ2v) is 7.62. The number of para-hydroxylation sites is 1. The number of hydrogen-bond donors (Lipinski definition) is 0. The molecule has 0 radical (unpaired) electrons. The van der Waals surface area contributed by atoms with Crippen molar-refractivity contribution in [3.05, 3.63) is 54.6 Å². The minimum absolute atomic E-state index is 0.466. The molecule has 0 aliphatic carbocycles. The van der Waals surface area contributed by atoms with Gasteiger partial charge in [0.1, 0.15) is 0 Å². The molecule has 0 spiro atoms. The van der Waals surface area contributed by atoms with Gasteiger partial charge in [-0.1, -0.05) is 82.9 Å². The first-order chi connectivity index (χ1) is 13.3. The van der Waals surface area contributed by atoms with Crippen molar-refractivity contribution < 1.29 is 0 Å². The molecule has 0 fully saturated rings. The van der Waals surface area contributed by atoms with Gasteiger partial charge in [0.15, 0.2) is 0 Å². The summed E-state index contributed by atoms with van der Waals surface area (Å²) in [6, 6.07) is 11.2. The molecule has 0 N–H and O–H groups in total. The van der Waals surface area contributed by atoms with Crippen LogP contribution in [0, 0.1) is 0 Å². The van der Waals surface area contributed by atoms with E-state index in [0.717, 1.165) is 12.1 Å². The largest absolute Gasteiger partial charge is 0.371 e. The maximum atomic E-state index is 4.50. The number of likely N-dealkylation sites (N-methyl/N-ethyl adjacent to an activating group) is 1. The standard InChI is InChI=1S/C24H37N3/c1-3-4-5-6-7-8-9-10-12-17-24(20-22-21-25-18-19-26-22)27(2)23-15-13-11-14-16-23/h11,13-16,18-19,21,24H,3-10,12,17,20H2,1-2H3. The lowest BCUT2D eigenvalue weighted by molar-refractivity contribution is 0.507. The van der Waals surface area contributed by atoms with Gasteiger partial charge < -0.3 is 4.90 Å². The Balaban J connectivity index is 1.78. The summed E-state index contributed by atoms with van der Waals surface area (Å²) >= 11 is 0. The van der Waals surface area contributed by atoms with Crippen molar-refractivity contribution in [1.29, 1.82) is 0 Å². The molecule has 1 atom stereocenters. The third-order valence-electron chi connectivity index (χ3n) is 5.41. The first-order valence-electron chi connectivity index (χ1n) is 10.8. The maximum absolute atomic E-state index is 4.50. The lowest BCUT2D eigenvalue weighted by atomic mass is 10.00. The summed E-state index contributed by atoms with van der Waals surface area (Å²) in [6.45, 7) is 2.28. The minimum Gasteiger partial charge on any atom is -0.371 e. The number of anilines is 1. The Morgan fingerprint density at radius 2 is 1.52 bits per heavy atom. The van der Waals surface area contributed by atoms with Crippen molar-refractivity contribution in [3.8, 4) is 0 Å². The number of nitrogens with zero attached hydrogens (tertiary/aromatic N) is 3. The highest BCUT2D eigenvalue weighted by Gasteiger charge is 2.16. The highest BCUT2D eigenvalue weighted by atomic mass is 15.1. The summed E-state index contributed by atoms with van der Waals surface area (Å²) in [6.07, 6.45) is 20.0. The van der Waals surface area contributed by atoms with Crippen LogP contribution in [0.2, 0.25) is 0 Å². The summed E-state index contributed by atoms with van der Waals surface area (Å²) < 4.78 is 0. The van der Waals surface area contributed by atoms with E-state index in [2.05, 4.69) is 59.2 Å². The smallest absolute Gasteiger partial charge is 0.0607 e. The molecule has 2 aromatic rings. The van der Waals surface area contributed by atoms with Gasteiger partial charge in [-0.15, -0.1) is 0 Å². The molecule has 0 saturated heterocycles. The van der Waals surface area contributed by atoms with Gasteiger partial charge in [0.25, 0.3) is 0 Å². The normalized spacial score (nSPS) is 12.1. The molecule has 148 valence electrons. The van der Waals surface area contributed by atoms with E-state index < -0.39 is 0 Å². The monoisotopic (exact) mass is 367 g/mol. The fourth-order valence-electron chi connectivity index (χ4n) is 3.67. The highest BCUT2D eigenvalue weighted by Crippen LogP contribution is 2.21. The fourth-order valence-corrected chi connectivity index (χ4v) is 3.67. The van der Waals surface area contributed by atoms with Crippen molar-refractivity contribution >= 4 is 5.69 Å². The molecule has 0 aliphatic heterocycles. The zero-order valence-corrected chi connectivity index (χ0v) is 17.3. The molecule has 1 aromatic heterocycles. The first kappa shape index (κ1) is 21.4. The van der Waals surface area contributed by atoms with E-state index in [-0.39, 0.29) is 0 Å². The summed E-state index contributed by atoms with van der Waals surface area (Å²) in [5.41, 5.74) is 2.36. The van der Waals surface area contributed by atoms with Crippen LogP contribution < -0.4 is 4.90 Å². The number of hydrogen-bond acceptors (Lipinski definition) is 3. The van der Waals surface area contributed by atoms with Crippen LogP contribution in [0.1, 0.15) is 76.8 Å². The van der Waals surface area contributed by atoms with Gasteiger partial charge in [-0.2, -0.15) is 0 Å². The Morgan fingerprint density at radius 3 is 2.15 bits per heavy atom. The molecule has 0 bridgehead atoms. The van der Waals surface area contributed by atoms with Crippen molar-refractivity contribution in [2.75, 3.05) is 11.9 Å². The molecule has 3 heteroatoms. The van der Waals surface area contributed by atoms with Gasteiger partial charge in [0.2, 0.25) is 0 Å². The Bertz CT molecular complexity index is 585. The van der Waals surface area contributed by atoms with Crippen LogP contribution >= 0.6 is 0 Å². The van der Waals surface area contributed by atoms with Gasteiger partial charge in [-0.3, -0.25) is 9.97 Å². The topological polar surface area (TPSA) is 29.0 Å². The molecule has 0 saturated carbocycles. The van der Waals surface area contributed by atoms with Crippen molar-refractivity contribution in [2.45, 2.75) is 83.6 Å². The predicted octanol–water partition coefficient (Wildman–Crippen LogP) is 6.45. The SMILES string of the molecule is CCCCCCCCCCCC(Cc1cnccn1)N(C)c1ccccc1. The maximum Gasteiger partial charge on any atom is 0.0607 e. The molecule has 3 nitrogen and oxygen atoms in total. The summed E-state index contributed by atoms with van der Waals surface area (Å²) in [7, 11) is 2.21. The average molecular weight is 368 g/mol. The number of aromatic nitrogens is 2. The van der Waals surface area contributed by atoms with E-state index in [0.29, 0.717) is 6.04 Å². The van der Waals surface area contributed by atoms with Gasteiger partial charge in [-0.05, 0) is 18.6 Å². The van der Waals surface area contributed by atoms with E-state index in [4.69, 9.17) is 0 Å². The molecule has 1 aromatic carbocycles. The minimum atomic E-state index is 0.466.